The zero-order valence-electron chi connectivity index (χ0n) is 54.5. The van der Waals surface area contributed by atoms with Crippen molar-refractivity contribution >= 4 is 70.9 Å². The zero-order valence-corrected chi connectivity index (χ0v) is 54.5. The van der Waals surface area contributed by atoms with Crippen molar-refractivity contribution in [1.82, 2.24) is 60.0 Å². The van der Waals surface area contributed by atoms with E-state index in [0.29, 0.717) is 58.0 Å². The Hall–Kier alpha value is -6.62. The first-order valence-electron chi connectivity index (χ1n) is 32.7. The molecule has 3 saturated carbocycles. The molecule has 6 aliphatic rings. The summed E-state index contributed by atoms with van der Waals surface area (Å²) in [7, 11) is 10.2. The molecule has 0 bridgehead atoms. The van der Waals surface area contributed by atoms with Crippen LogP contribution in [0, 0.1) is 17.8 Å². The smallest absolute Gasteiger partial charge is 0.248 e. The highest BCUT2D eigenvalue weighted by atomic mass is 16.2. The topological polar surface area (TPSA) is 270 Å². The first-order chi connectivity index (χ1) is 41.8. The molecule has 0 unspecified atom stereocenters. The maximum absolute atomic E-state index is 15.6. The lowest BCUT2D eigenvalue weighted by Gasteiger charge is -2.43. The van der Waals surface area contributed by atoms with E-state index in [1.54, 1.807) is 18.9 Å². The predicted octanol–water partition coefficient (Wildman–Crippen LogP) is 2.67. The van der Waals surface area contributed by atoms with Gasteiger partial charge in [-0.3, -0.25) is 57.5 Å². The molecule has 3 heterocycles. The molecule has 8 atom stereocenters. The standard InChI is InChI=1S/C64H104N12O12/c1-12-26-46-58(83)76-36-25-31-47(76)57(82)67-64(32-21-22-33-64)63(88)74(11)55(45-29-19-15-20-30-45)62(87)73(10)49(60(85)75-34-23-16-24-35-75)38-51(78)71(8)43(4)56(81)66-54(42(3)13-2)61(86)70(7)40-52(79)68(5)41-53(80)72(9)48(37-44-27-17-14-18-28-44)59(84)69(6)39-50(77)65-46/h12,42-49,54-55H,1,13-41H2,2-11H3,(H,65,77)(H,66,81)(H,67,82)/t42-,43-,46-,47-,48+,49-,54-,55-/m0/s1. The fourth-order valence-corrected chi connectivity index (χ4v) is 14.1. The van der Waals surface area contributed by atoms with Gasteiger partial charge in [0.1, 0.15) is 47.8 Å². The van der Waals surface area contributed by atoms with Crippen molar-refractivity contribution in [2.45, 2.75) is 216 Å². The molecule has 492 valence electrons. The summed E-state index contributed by atoms with van der Waals surface area (Å²) in [6, 6.07) is -7.98. The first kappa shape index (κ1) is 70.5. The van der Waals surface area contributed by atoms with Crippen molar-refractivity contribution in [3.05, 3.63) is 12.7 Å². The molecule has 24 nitrogen and oxygen atoms in total. The third-order valence-corrected chi connectivity index (χ3v) is 20.2. The van der Waals surface area contributed by atoms with Crippen LogP contribution < -0.4 is 16.0 Å². The third kappa shape index (κ3) is 17.2. The Balaban J connectivity index is 1.37. The van der Waals surface area contributed by atoms with Crippen molar-refractivity contribution in [2.75, 3.05) is 88.6 Å². The molecule has 24 heteroatoms. The predicted molar refractivity (Wildman–Crippen MR) is 330 cm³/mol. The Morgan fingerprint density at radius 2 is 1.19 bits per heavy atom. The highest BCUT2D eigenvalue weighted by molar-refractivity contribution is 6.00. The minimum Gasteiger partial charge on any atom is -0.342 e. The van der Waals surface area contributed by atoms with E-state index >= 15 is 9.59 Å². The molecule has 0 aromatic heterocycles. The van der Waals surface area contributed by atoms with Gasteiger partial charge in [-0.25, -0.2) is 0 Å². The van der Waals surface area contributed by atoms with Crippen LogP contribution in [0.3, 0.4) is 0 Å². The summed E-state index contributed by atoms with van der Waals surface area (Å²) in [4.78, 5) is 187. The Kier molecular flexibility index (Phi) is 25.8. The van der Waals surface area contributed by atoms with Gasteiger partial charge in [-0.05, 0) is 95.3 Å². The largest absolute Gasteiger partial charge is 0.342 e. The first-order valence-corrected chi connectivity index (χ1v) is 32.7. The summed E-state index contributed by atoms with van der Waals surface area (Å²) in [5.41, 5.74) is -1.45. The van der Waals surface area contributed by atoms with E-state index in [1.807, 2.05) is 6.92 Å². The van der Waals surface area contributed by atoms with Crippen molar-refractivity contribution in [2.24, 2.45) is 17.8 Å². The maximum Gasteiger partial charge on any atom is 0.248 e. The van der Waals surface area contributed by atoms with Gasteiger partial charge < -0.3 is 60.0 Å². The number of carbonyl (C=O) groups is 12. The number of likely N-dealkylation sites (N-methyl/N-ethyl adjacent to an activating group) is 7. The number of hydrogen-bond acceptors (Lipinski definition) is 12. The SMILES string of the molecule is C=CC[C@@H]1NC(=O)CN(C)C(=O)[C@@H](CC2CCCCC2)N(C)C(=O)CN(C)C(=O)CN(C)C(=O)[C@H]([C@@H](C)CC)NC(=O)[C@H](C)N(C)C(=O)C[C@@H](C(=O)N2CCCCC2)N(C)C(=O)[C@H](C2CCCCC2)N(C)C(=O)C2(CCCC2)NC(=O)[C@@H]2CCCN2C1=O. The molecule has 1 spiro atoms. The zero-order chi connectivity index (χ0) is 64.7. The summed E-state index contributed by atoms with van der Waals surface area (Å²) < 4.78 is 0. The van der Waals surface area contributed by atoms with Crippen LogP contribution in [-0.4, -0.2) is 251 Å². The normalized spacial score (nSPS) is 28.7. The molecular weight excluding hydrogens is 1130 g/mol. The summed E-state index contributed by atoms with van der Waals surface area (Å²) >= 11 is 0. The van der Waals surface area contributed by atoms with E-state index in [-0.39, 0.29) is 44.1 Å². The number of likely N-dealkylation sites (tertiary alicyclic amines) is 1. The van der Waals surface area contributed by atoms with Crippen LogP contribution in [0.1, 0.15) is 168 Å². The van der Waals surface area contributed by atoms with Crippen LogP contribution in [0.25, 0.3) is 0 Å². The van der Waals surface area contributed by atoms with Gasteiger partial charge in [-0.1, -0.05) is 90.6 Å². The lowest BCUT2D eigenvalue weighted by molar-refractivity contribution is -0.157. The van der Waals surface area contributed by atoms with Gasteiger partial charge in [-0.15, -0.1) is 6.58 Å². The Morgan fingerprint density at radius 1 is 0.602 bits per heavy atom. The number of amides is 12. The van der Waals surface area contributed by atoms with Crippen LogP contribution in [0.15, 0.2) is 12.7 Å². The number of rotatable bonds is 8. The monoisotopic (exact) mass is 1230 g/mol. The average Bonchev–Trinajstić information content (AvgIpc) is 1.94. The van der Waals surface area contributed by atoms with Gasteiger partial charge in [0, 0.05) is 69.0 Å². The minimum atomic E-state index is -1.45. The quantitative estimate of drug-likeness (QED) is 0.296. The molecule has 6 fully saturated rings. The summed E-state index contributed by atoms with van der Waals surface area (Å²) in [5, 5.41) is 8.73. The molecule has 3 aliphatic heterocycles. The lowest BCUT2D eigenvalue weighted by Crippen LogP contribution is -2.65. The molecular formula is C64H104N12O12. The fraction of sp³-hybridized carbons (Fsp3) is 0.781. The van der Waals surface area contributed by atoms with E-state index in [2.05, 4.69) is 22.5 Å². The van der Waals surface area contributed by atoms with E-state index in [0.717, 1.165) is 75.5 Å². The number of nitrogens with one attached hydrogen (secondary N) is 3. The van der Waals surface area contributed by atoms with Gasteiger partial charge in [-0.2, -0.15) is 0 Å². The Labute approximate surface area is 521 Å². The molecule has 0 aromatic rings. The minimum absolute atomic E-state index is 0.00741. The summed E-state index contributed by atoms with van der Waals surface area (Å²) in [6.07, 6.45) is 14.9. The molecule has 3 N–H and O–H groups in total. The van der Waals surface area contributed by atoms with Gasteiger partial charge in [0.2, 0.25) is 70.9 Å². The summed E-state index contributed by atoms with van der Waals surface area (Å²) in [5.74, 6) is -7.51. The molecule has 3 saturated heterocycles. The van der Waals surface area contributed by atoms with Gasteiger partial charge in [0.25, 0.3) is 0 Å². The maximum atomic E-state index is 15.6. The number of piperidine rings is 1. The van der Waals surface area contributed by atoms with Crippen LogP contribution >= 0.6 is 0 Å². The number of fused-ring (bicyclic) bond motifs is 1. The molecule has 6 rings (SSSR count). The van der Waals surface area contributed by atoms with Crippen LogP contribution in [0.5, 0.6) is 0 Å². The molecule has 3 aliphatic carbocycles. The second kappa shape index (κ2) is 32.2. The van der Waals surface area contributed by atoms with Gasteiger partial charge in [0.05, 0.1) is 26.1 Å². The van der Waals surface area contributed by atoms with Crippen LogP contribution in [-0.2, 0) is 57.5 Å². The van der Waals surface area contributed by atoms with E-state index in [9.17, 15) is 47.9 Å². The van der Waals surface area contributed by atoms with Crippen LogP contribution in [0.4, 0.5) is 0 Å². The Morgan fingerprint density at radius 3 is 1.81 bits per heavy atom. The number of hydrogen-bond donors (Lipinski definition) is 3. The van der Waals surface area contributed by atoms with E-state index < -0.39 is 151 Å². The highest BCUT2D eigenvalue weighted by Gasteiger charge is 2.51. The molecule has 0 aromatic carbocycles. The average molecular weight is 1230 g/mol. The highest BCUT2D eigenvalue weighted by Crippen LogP contribution is 2.37. The number of nitrogens with zero attached hydrogens (tertiary/aromatic N) is 9. The van der Waals surface area contributed by atoms with Crippen molar-refractivity contribution in [3.63, 3.8) is 0 Å². The molecule has 0 radical (unpaired) electrons. The van der Waals surface area contributed by atoms with E-state index in [1.165, 1.54) is 89.6 Å². The summed E-state index contributed by atoms with van der Waals surface area (Å²) in [6.45, 7) is 8.54. The lowest BCUT2D eigenvalue weighted by atomic mass is 9.81. The number of carbonyl (C=O) groups excluding carboxylic acids is 12. The van der Waals surface area contributed by atoms with Gasteiger partial charge >= 0.3 is 0 Å². The molecule has 12 amide bonds. The van der Waals surface area contributed by atoms with Crippen molar-refractivity contribution in [3.8, 4) is 0 Å². The van der Waals surface area contributed by atoms with Gasteiger partial charge in [0.15, 0.2) is 0 Å². The van der Waals surface area contributed by atoms with Crippen molar-refractivity contribution in [1.29, 1.82) is 0 Å². The van der Waals surface area contributed by atoms with Crippen molar-refractivity contribution < 1.29 is 57.5 Å². The molecule has 88 heavy (non-hydrogen) atoms. The van der Waals surface area contributed by atoms with E-state index in [4.69, 9.17) is 0 Å². The fourth-order valence-electron chi connectivity index (χ4n) is 14.1. The second-order valence-electron chi connectivity index (χ2n) is 26.4. The third-order valence-electron chi connectivity index (χ3n) is 20.2. The van der Waals surface area contributed by atoms with Crippen LogP contribution in [0.2, 0.25) is 0 Å². The second-order valence-corrected chi connectivity index (χ2v) is 26.4. The Bertz CT molecular complexity index is 2540.